The van der Waals surface area contributed by atoms with Gasteiger partial charge in [0.1, 0.15) is 78.0 Å². The number of hydrogen-bond donors (Lipinski definition) is 14. The fourth-order valence-electron chi connectivity index (χ4n) is 10.8. The summed E-state index contributed by atoms with van der Waals surface area (Å²) in [6.07, 6.45) is 5.22. The molecule has 538 valence electrons. The number of primary amides is 1. The lowest BCUT2D eigenvalue weighted by atomic mass is 10.0. The van der Waals surface area contributed by atoms with Crippen LogP contribution >= 0.6 is 81.1 Å². The lowest BCUT2D eigenvalue weighted by Gasteiger charge is -2.32. The number of hydrogen-bond acceptors (Lipinski definition) is 27. The molecule has 0 aliphatic carbocycles. The molecule has 10 unspecified atom stereocenters. The third-order valence-electron chi connectivity index (χ3n) is 16.1. The number of guanidine groups is 1. The maximum absolute atomic E-state index is 15.0. The Bertz CT molecular complexity index is 4260. The van der Waals surface area contributed by atoms with Crippen LogP contribution in [0.4, 0.5) is 0 Å². The normalized spacial score (nSPS) is 26.8. The molecule has 11 amide bonds. The van der Waals surface area contributed by atoms with E-state index in [1.807, 2.05) is 0 Å². The SMILES string of the molecule is C=C1NC(=O)C2CSC(=N2)c2cnc(s2)-c2ccc3c(n2)C(C)NC(=O)C2CCCN2C(=O)/C(=C\C)NC(=O)CNC(=O)C(CCCNC(=N)N)NC(=O)C(C)(NC(=O)/C(=C\C)NC(=O)C2CSC(=N2)C(CC(N)=O)NC3=O)SCC(C(=O)O)NC(=O)C2C=NC(S2)c2csc(n2)-c2csc1n2. The van der Waals surface area contributed by atoms with Crippen molar-refractivity contribution in [1.29, 1.82) is 5.41 Å². The van der Waals surface area contributed by atoms with Gasteiger partial charge in [0, 0.05) is 53.5 Å². The Morgan fingerprint density at radius 1 is 0.814 bits per heavy atom. The molecule has 0 spiro atoms. The molecular formula is C61H69N21O13S7. The monoisotopic (exact) mass is 1530 g/mol. The van der Waals surface area contributed by atoms with Gasteiger partial charge >= 0.3 is 5.97 Å². The van der Waals surface area contributed by atoms with Gasteiger partial charge < -0.3 is 74.6 Å². The van der Waals surface area contributed by atoms with Gasteiger partial charge in [-0.2, -0.15) is 0 Å². The fraction of sp³-hybridized carbons (Fsp3) is 0.410. The number of carbonyl (C=O) groups excluding carboxylic acids is 11. The summed E-state index contributed by atoms with van der Waals surface area (Å²) in [5.74, 6) is -11.8. The van der Waals surface area contributed by atoms with Crippen LogP contribution in [0.15, 0.2) is 74.2 Å². The highest BCUT2D eigenvalue weighted by Crippen LogP contribution is 2.40. The highest BCUT2D eigenvalue weighted by molar-refractivity contribution is 8.15. The summed E-state index contributed by atoms with van der Waals surface area (Å²) in [7, 11) is 0. The number of allylic oxidation sites excluding steroid dienone is 2. The maximum atomic E-state index is 15.0. The number of nitrogens with zero attached hydrogens (tertiary/aromatic N) is 8. The number of thioether (sulfide) groups is 4. The summed E-state index contributed by atoms with van der Waals surface area (Å²) >= 11 is 7.53. The first kappa shape index (κ1) is 75.2. The van der Waals surface area contributed by atoms with Crippen LogP contribution < -0.4 is 64.6 Å². The van der Waals surface area contributed by atoms with Crippen molar-refractivity contribution in [1.82, 2.24) is 78.0 Å². The smallest absolute Gasteiger partial charge is 0.327 e. The standard InChI is InChI=1S/C61H69N21O13S7/c1-6-28-48(89)81-61(5)59(95)80-30(10-8-14-65-60(63)64)45(86)66-19-42(84)71-29(7-2)57(92)82-15-9-11-38(82)49(90)69-25(3)43-27(44(85)74-32(16-41(62)83)54-76-34(20-97-54)47(88)73-28)12-13-31(72-43)52-68-18-40(102-52)56-77-33(21-99-56)46(87)70-26(4)51-78-36(23-96-51)55-79-35(22-98-55)53-67-17-39(101-53)50(91)75-37(24-100-61)58(93)94/h6-7,12-13,17-18,22-23,25,30,32-34,37-39,53H,4,8-11,14-16,19-21,24H2,1-3,5H3,(H2,62,83)(H,66,86)(H,69,90)(H,70,87)(H,71,84)(H,73,88)(H,74,85)(H,75,91)(H,80,95)(H,81,89)(H,93,94)(H4,63,64,65)/b28-6+,29-7+. The van der Waals surface area contributed by atoms with E-state index in [9.17, 15) is 57.8 Å². The molecule has 16 bridgehead atoms. The number of amides is 11. The lowest BCUT2D eigenvalue weighted by Crippen LogP contribution is -2.60. The van der Waals surface area contributed by atoms with Crippen LogP contribution in [-0.2, 0) is 52.7 Å². The van der Waals surface area contributed by atoms with E-state index in [1.54, 1.807) is 23.9 Å². The molecule has 4 aromatic rings. The summed E-state index contributed by atoms with van der Waals surface area (Å²) in [5.41, 5.74) is 11.9. The molecule has 1 fully saturated rings. The second kappa shape index (κ2) is 33.1. The Kier molecular flexibility index (Phi) is 24.4. The largest absolute Gasteiger partial charge is 0.480 e. The Balaban J connectivity index is 1.04. The van der Waals surface area contributed by atoms with Gasteiger partial charge in [0.15, 0.2) is 10.8 Å². The number of carboxylic acid groups (broad SMARTS) is 1. The number of fused-ring (bicyclic) bond motifs is 8. The molecule has 10 atom stereocenters. The number of nitrogens with one attached hydrogen (secondary N) is 11. The molecular weight excluding hydrogens is 1460 g/mol. The van der Waals surface area contributed by atoms with Crippen LogP contribution in [0.5, 0.6) is 0 Å². The van der Waals surface area contributed by atoms with Crippen molar-refractivity contribution in [3.8, 4) is 21.4 Å². The summed E-state index contributed by atoms with van der Waals surface area (Å²) in [5, 5.41) is 48.0. The van der Waals surface area contributed by atoms with Gasteiger partial charge in [0.25, 0.3) is 23.6 Å². The Morgan fingerprint density at radius 2 is 1.56 bits per heavy atom. The van der Waals surface area contributed by atoms with Gasteiger partial charge in [-0.25, -0.2) is 24.7 Å². The predicted molar refractivity (Wildman–Crippen MR) is 388 cm³/mol. The zero-order valence-electron chi connectivity index (χ0n) is 54.7. The molecule has 7 aliphatic heterocycles. The zero-order valence-corrected chi connectivity index (χ0v) is 60.5. The molecule has 102 heavy (non-hydrogen) atoms. The number of rotatable bonds is 7. The van der Waals surface area contributed by atoms with Gasteiger partial charge in [-0.1, -0.05) is 18.7 Å². The number of pyridine rings is 1. The van der Waals surface area contributed by atoms with E-state index in [4.69, 9.17) is 31.8 Å². The number of aromatic nitrogens is 4. The van der Waals surface area contributed by atoms with Crippen molar-refractivity contribution in [2.45, 2.75) is 118 Å². The number of nitrogens with two attached hydrogens (primary N) is 2. The summed E-state index contributed by atoms with van der Waals surface area (Å²) < 4.78 is 0. The summed E-state index contributed by atoms with van der Waals surface area (Å²) in [6.45, 7) is 8.94. The second-order valence-electron chi connectivity index (χ2n) is 23.5. The molecule has 0 saturated carbocycles. The average Bonchev–Trinajstić information content (AvgIpc) is 1.71. The summed E-state index contributed by atoms with van der Waals surface area (Å²) in [4.78, 5) is 202. The highest BCUT2D eigenvalue weighted by Gasteiger charge is 2.43. The Hall–Kier alpha value is -9.42. The molecule has 7 aliphatic rings. The minimum atomic E-state index is -2.31. The van der Waals surface area contributed by atoms with Crippen molar-refractivity contribution in [2.24, 2.45) is 26.4 Å². The quantitative estimate of drug-likeness (QED) is 0.0513. The fourth-order valence-corrected chi connectivity index (χ4v) is 17.7. The zero-order chi connectivity index (χ0) is 73.3. The van der Waals surface area contributed by atoms with Crippen molar-refractivity contribution in [3.63, 3.8) is 0 Å². The summed E-state index contributed by atoms with van der Waals surface area (Å²) in [6, 6.07) is -6.00. The van der Waals surface area contributed by atoms with Crippen LogP contribution in [0.25, 0.3) is 27.1 Å². The van der Waals surface area contributed by atoms with Crippen molar-refractivity contribution < 1.29 is 62.6 Å². The first-order valence-corrected chi connectivity index (χ1v) is 38.0. The first-order valence-electron chi connectivity index (χ1n) is 31.5. The van der Waals surface area contributed by atoms with E-state index in [1.165, 1.54) is 102 Å². The highest BCUT2D eigenvalue weighted by atomic mass is 32.2. The van der Waals surface area contributed by atoms with Crippen molar-refractivity contribution >= 4 is 180 Å². The minimum absolute atomic E-state index is 0.0000222. The molecule has 11 rings (SSSR count). The Morgan fingerprint density at radius 3 is 2.30 bits per heavy atom. The number of carbonyl (C=O) groups is 12. The lowest BCUT2D eigenvalue weighted by molar-refractivity contribution is -0.141. The van der Waals surface area contributed by atoms with Gasteiger partial charge in [-0.15, -0.1) is 81.1 Å². The second-order valence-corrected chi connectivity index (χ2v) is 30.9. The van der Waals surface area contributed by atoms with Crippen molar-refractivity contribution in [2.75, 3.05) is 36.9 Å². The van der Waals surface area contributed by atoms with Gasteiger partial charge in [-0.3, -0.25) is 73.1 Å². The molecule has 1 saturated heterocycles. The molecule has 0 radical (unpaired) electrons. The molecule has 16 N–H and O–H groups in total. The van der Waals surface area contributed by atoms with E-state index in [0.29, 0.717) is 54.5 Å². The van der Waals surface area contributed by atoms with Crippen molar-refractivity contribution in [3.05, 3.63) is 86.1 Å². The van der Waals surface area contributed by atoms with E-state index < -0.39 is 159 Å². The number of thiazole rings is 3. The van der Waals surface area contributed by atoms with E-state index in [0.717, 1.165) is 23.5 Å². The third-order valence-corrected chi connectivity index (χ3v) is 23.9. The molecule has 0 aromatic carbocycles. The number of carboxylic acids is 1. The van der Waals surface area contributed by atoms with Crippen LogP contribution in [0, 0.1) is 5.41 Å². The molecule has 11 heterocycles. The Labute approximate surface area is 610 Å². The van der Waals surface area contributed by atoms with E-state index in [2.05, 4.69) is 79.7 Å². The average molecular weight is 1530 g/mol. The maximum Gasteiger partial charge on any atom is 0.327 e. The molecule has 41 heteroatoms. The third kappa shape index (κ3) is 18.1. The van der Waals surface area contributed by atoms with E-state index in [-0.39, 0.29) is 77.2 Å². The topological polar surface area (TPSA) is 513 Å². The number of aliphatic imine (C=N–C) groups is 3. The van der Waals surface area contributed by atoms with Crippen LogP contribution in [0.3, 0.4) is 0 Å². The molecule has 34 nitrogen and oxygen atoms in total. The van der Waals surface area contributed by atoms with Crippen LogP contribution in [0.1, 0.15) is 103 Å². The van der Waals surface area contributed by atoms with Gasteiger partial charge in [0.05, 0.1) is 63.3 Å². The molecule has 4 aromatic heterocycles. The first-order chi connectivity index (χ1) is 48.7. The van der Waals surface area contributed by atoms with Gasteiger partial charge in [0.2, 0.25) is 41.4 Å². The van der Waals surface area contributed by atoms with Gasteiger partial charge in [-0.05, 0) is 65.5 Å². The van der Waals surface area contributed by atoms with Crippen LogP contribution in [-0.4, -0.2) is 206 Å². The predicted octanol–water partition coefficient (Wildman–Crippen LogP) is 0.341. The minimum Gasteiger partial charge on any atom is -0.480 e. The number of aliphatic carboxylic acids is 1. The van der Waals surface area contributed by atoms with E-state index >= 15 is 4.79 Å². The van der Waals surface area contributed by atoms with Crippen LogP contribution in [0.2, 0.25) is 0 Å².